The standard InChI is InChI=1S/C17H20N2O7S/c1-2-3-12-26-13-4-6-14(7-5-13)27(24,25)17(15(20)18-23)8-10-19(11-9-17)16(21)22/h4-7,23H,8-12H2,1H3,(H,18,20)(H,21,22). The van der Waals surface area contributed by atoms with E-state index in [4.69, 9.17) is 15.1 Å². The number of sulfone groups is 1. The molecule has 0 aromatic heterocycles. The second kappa shape index (κ2) is 8.28. The van der Waals surface area contributed by atoms with Crippen LogP contribution >= 0.6 is 0 Å². The van der Waals surface area contributed by atoms with E-state index in [2.05, 4.69) is 11.8 Å². The number of nitrogens with zero attached hydrogens (tertiary/aromatic N) is 1. The van der Waals surface area contributed by atoms with Crippen molar-refractivity contribution in [3.63, 3.8) is 0 Å². The van der Waals surface area contributed by atoms with Crippen LogP contribution in [0.25, 0.3) is 0 Å². The second-order valence-electron chi connectivity index (χ2n) is 5.90. The molecule has 0 radical (unpaired) electrons. The normalized spacial score (nSPS) is 16.0. The van der Waals surface area contributed by atoms with Gasteiger partial charge in [-0.2, -0.15) is 0 Å². The van der Waals surface area contributed by atoms with E-state index in [9.17, 15) is 18.0 Å². The predicted molar refractivity (Wildman–Crippen MR) is 94.1 cm³/mol. The zero-order valence-corrected chi connectivity index (χ0v) is 15.5. The summed E-state index contributed by atoms with van der Waals surface area (Å²) < 4.78 is 29.7. The fourth-order valence-electron chi connectivity index (χ4n) is 2.91. The highest BCUT2D eigenvalue weighted by atomic mass is 32.2. The highest BCUT2D eigenvalue weighted by Gasteiger charge is 2.53. The number of likely N-dealkylation sites (tertiary alicyclic amines) is 1. The highest BCUT2D eigenvalue weighted by molar-refractivity contribution is 7.93. The molecular weight excluding hydrogens is 376 g/mol. The molecule has 0 spiro atoms. The monoisotopic (exact) mass is 396 g/mol. The smallest absolute Gasteiger partial charge is 0.407 e. The van der Waals surface area contributed by atoms with Crippen molar-refractivity contribution in [3.8, 4) is 17.6 Å². The van der Waals surface area contributed by atoms with Gasteiger partial charge in [-0.1, -0.05) is 5.92 Å². The largest absolute Gasteiger partial charge is 0.481 e. The van der Waals surface area contributed by atoms with Gasteiger partial charge in [-0.05, 0) is 44.0 Å². The molecule has 0 atom stereocenters. The number of carbonyl (C=O) groups excluding carboxylic acids is 1. The van der Waals surface area contributed by atoms with Crippen molar-refractivity contribution >= 4 is 21.8 Å². The number of carbonyl (C=O) groups is 2. The molecule has 146 valence electrons. The minimum atomic E-state index is -4.20. The Bertz CT molecular complexity index is 861. The SMILES string of the molecule is CC#CCOc1ccc(S(=O)(=O)C2(C(=O)NO)CCN(C(=O)O)CC2)cc1. The minimum absolute atomic E-state index is 0.121. The fourth-order valence-corrected chi connectivity index (χ4v) is 4.87. The van der Waals surface area contributed by atoms with E-state index in [-0.39, 0.29) is 37.4 Å². The lowest BCUT2D eigenvalue weighted by molar-refractivity contribution is -0.133. The summed E-state index contributed by atoms with van der Waals surface area (Å²) in [6.07, 6.45) is -1.72. The van der Waals surface area contributed by atoms with Crippen molar-refractivity contribution in [3.05, 3.63) is 24.3 Å². The molecule has 1 saturated heterocycles. The maximum atomic E-state index is 13.2. The first-order valence-electron chi connectivity index (χ1n) is 8.08. The van der Waals surface area contributed by atoms with Crippen LogP contribution < -0.4 is 10.2 Å². The molecule has 10 heteroatoms. The molecule has 0 bridgehead atoms. The van der Waals surface area contributed by atoms with Gasteiger partial charge in [-0.25, -0.2) is 18.7 Å². The zero-order valence-electron chi connectivity index (χ0n) is 14.6. The quantitative estimate of drug-likeness (QED) is 0.382. The third-order valence-corrected chi connectivity index (χ3v) is 7.01. The van der Waals surface area contributed by atoms with Gasteiger partial charge in [-0.3, -0.25) is 10.0 Å². The number of ether oxygens (including phenoxy) is 1. The number of rotatable bonds is 5. The van der Waals surface area contributed by atoms with Gasteiger partial charge in [0.1, 0.15) is 12.4 Å². The lowest BCUT2D eigenvalue weighted by Gasteiger charge is -2.38. The summed E-state index contributed by atoms with van der Waals surface area (Å²) in [4.78, 5) is 24.3. The minimum Gasteiger partial charge on any atom is -0.481 e. The summed E-state index contributed by atoms with van der Waals surface area (Å²) in [5, 5.41) is 18.1. The molecule has 1 aliphatic heterocycles. The van der Waals surface area contributed by atoms with Crippen LogP contribution in [0, 0.1) is 11.8 Å². The molecule has 0 saturated carbocycles. The summed E-state index contributed by atoms with van der Waals surface area (Å²) in [6.45, 7) is 1.54. The van der Waals surface area contributed by atoms with Crippen molar-refractivity contribution in [1.82, 2.24) is 10.4 Å². The van der Waals surface area contributed by atoms with E-state index < -0.39 is 26.6 Å². The van der Waals surface area contributed by atoms with Crippen LogP contribution in [0.5, 0.6) is 5.75 Å². The molecule has 27 heavy (non-hydrogen) atoms. The van der Waals surface area contributed by atoms with Crippen LogP contribution in [0.15, 0.2) is 29.2 Å². The number of hydrogen-bond acceptors (Lipinski definition) is 6. The lowest BCUT2D eigenvalue weighted by atomic mass is 9.95. The molecular formula is C17H20N2O7S. The number of amides is 2. The molecule has 0 aliphatic carbocycles. The Morgan fingerprint density at radius 2 is 1.85 bits per heavy atom. The van der Waals surface area contributed by atoms with Crippen LogP contribution in [0.3, 0.4) is 0 Å². The summed E-state index contributed by atoms with van der Waals surface area (Å²) in [5.74, 6) is 4.72. The molecule has 2 amide bonds. The Hall–Kier alpha value is -2.77. The Labute approximate surface area is 156 Å². The number of hydrogen-bond donors (Lipinski definition) is 3. The molecule has 0 unspecified atom stereocenters. The van der Waals surface area contributed by atoms with E-state index in [1.54, 1.807) is 6.92 Å². The Morgan fingerprint density at radius 1 is 1.26 bits per heavy atom. The van der Waals surface area contributed by atoms with Gasteiger partial charge in [0.15, 0.2) is 14.6 Å². The fraction of sp³-hybridized carbons (Fsp3) is 0.412. The summed E-state index contributed by atoms with van der Waals surface area (Å²) in [5.41, 5.74) is 1.42. The molecule has 1 aromatic carbocycles. The highest BCUT2D eigenvalue weighted by Crippen LogP contribution is 2.36. The third kappa shape index (κ3) is 3.99. The van der Waals surface area contributed by atoms with E-state index in [1.165, 1.54) is 29.7 Å². The lowest BCUT2D eigenvalue weighted by Crippen LogP contribution is -2.58. The number of benzene rings is 1. The first kappa shape index (κ1) is 20.5. The van der Waals surface area contributed by atoms with Gasteiger partial charge < -0.3 is 14.7 Å². The van der Waals surface area contributed by atoms with Gasteiger partial charge in [-0.15, -0.1) is 5.92 Å². The summed E-state index contributed by atoms with van der Waals surface area (Å²) in [6, 6.07) is 5.50. The van der Waals surface area contributed by atoms with Crippen molar-refractivity contribution in [2.75, 3.05) is 19.7 Å². The van der Waals surface area contributed by atoms with Crippen LogP contribution in [0.4, 0.5) is 4.79 Å². The van der Waals surface area contributed by atoms with Crippen LogP contribution in [-0.4, -0.2) is 60.1 Å². The first-order chi connectivity index (χ1) is 12.8. The summed E-state index contributed by atoms with van der Waals surface area (Å²) in [7, 11) is -4.20. The van der Waals surface area contributed by atoms with Gasteiger partial charge in [0.2, 0.25) is 0 Å². The molecule has 3 N–H and O–H groups in total. The molecule has 1 heterocycles. The average Bonchev–Trinajstić information content (AvgIpc) is 2.67. The van der Waals surface area contributed by atoms with Crippen molar-refractivity contribution in [2.45, 2.75) is 29.4 Å². The first-order valence-corrected chi connectivity index (χ1v) is 9.56. The van der Waals surface area contributed by atoms with Crippen LogP contribution in [0.1, 0.15) is 19.8 Å². The van der Waals surface area contributed by atoms with Gasteiger partial charge in [0.05, 0.1) is 4.90 Å². The van der Waals surface area contributed by atoms with Crippen molar-refractivity contribution < 1.29 is 33.1 Å². The molecule has 9 nitrogen and oxygen atoms in total. The summed E-state index contributed by atoms with van der Waals surface area (Å²) >= 11 is 0. The number of nitrogens with one attached hydrogen (secondary N) is 1. The van der Waals surface area contributed by atoms with E-state index in [1.807, 2.05) is 0 Å². The topological polar surface area (TPSA) is 133 Å². The van der Waals surface area contributed by atoms with Crippen molar-refractivity contribution in [2.24, 2.45) is 0 Å². The zero-order chi connectivity index (χ0) is 20.1. The predicted octanol–water partition coefficient (Wildman–Crippen LogP) is 0.880. The molecule has 1 fully saturated rings. The van der Waals surface area contributed by atoms with Crippen LogP contribution in [-0.2, 0) is 14.6 Å². The Kier molecular flexibility index (Phi) is 6.30. The molecule has 1 aliphatic rings. The van der Waals surface area contributed by atoms with Crippen LogP contribution in [0.2, 0.25) is 0 Å². The van der Waals surface area contributed by atoms with Gasteiger partial charge in [0.25, 0.3) is 5.91 Å². The third-order valence-electron chi connectivity index (χ3n) is 4.49. The Balaban J connectivity index is 2.33. The number of piperidine rings is 1. The average molecular weight is 396 g/mol. The molecule has 1 aromatic rings. The van der Waals surface area contributed by atoms with E-state index in [0.29, 0.717) is 5.75 Å². The Morgan fingerprint density at radius 3 is 2.33 bits per heavy atom. The second-order valence-corrected chi connectivity index (χ2v) is 8.15. The van der Waals surface area contributed by atoms with Gasteiger partial charge in [0, 0.05) is 13.1 Å². The number of carboxylic acid groups (broad SMARTS) is 1. The maximum absolute atomic E-state index is 13.2. The number of hydroxylamine groups is 1. The van der Waals surface area contributed by atoms with Crippen molar-refractivity contribution in [1.29, 1.82) is 0 Å². The molecule has 2 rings (SSSR count). The maximum Gasteiger partial charge on any atom is 0.407 e. The van der Waals surface area contributed by atoms with E-state index in [0.717, 1.165) is 4.90 Å². The van der Waals surface area contributed by atoms with E-state index >= 15 is 0 Å². The van der Waals surface area contributed by atoms with Gasteiger partial charge >= 0.3 is 6.09 Å².